The molecule has 1 aromatic carbocycles. The van der Waals surface area contributed by atoms with Gasteiger partial charge in [0.05, 0.1) is 0 Å². The molecule has 0 saturated heterocycles. The summed E-state index contributed by atoms with van der Waals surface area (Å²) in [7, 11) is 0. The minimum Gasteiger partial charge on any atom is -0.382 e. The van der Waals surface area contributed by atoms with Crippen molar-refractivity contribution in [2.75, 3.05) is 19.8 Å². The van der Waals surface area contributed by atoms with Crippen LogP contribution in [0.1, 0.15) is 38.7 Å². The van der Waals surface area contributed by atoms with Gasteiger partial charge in [0.2, 0.25) is 0 Å². The molecule has 0 saturated carbocycles. The van der Waals surface area contributed by atoms with Crippen molar-refractivity contribution in [1.29, 1.82) is 0 Å². The fourth-order valence-corrected chi connectivity index (χ4v) is 2.21. The summed E-state index contributed by atoms with van der Waals surface area (Å²) >= 11 is 0. The first-order chi connectivity index (χ1) is 9.65. The van der Waals surface area contributed by atoms with E-state index in [0.29, 0.717) is 12.0 Å². The second-order valence-electron chi connectivity index (χ2n) is 4.97. The van der Waals surface area contributed by atoms with E-state index in [1.807, 2.05) is 6.92 Å². The van der Waals surface area contributed by atoms with Crippen LogP contribution in [0.25, 0.3) is 0 Å². The maximum Gasteiger partial charge on any atom is 0.126 e. The quantitative estimate of drug-likeness (QED) is 0.662. The van der Waals surface area contributed by atoms with Gasteiger partial charge < -0.3 is 10.1 Å². The fraction of sp³-hybridized carbons (Fsp3) is 0.625. The van der Waals surface area contributed by atoms with Crippen molar-refractivity contribution < 1.29 is 13.5 Å². The van der Waals surface area contributed by atoms with Gasteiger partial charge >= 0.3 is 0 Å². The molecule has 4 heteroatoms. The molecule has 0 heterocycles. The lowest BCUT2D eigenvalue weighted by Crippen LogP contribution is -2.32. The monoisotopic (exact) mass is 285 g/mol. The molecule has 0 aliphatic heterocycles. The molecule has 0 fully saturated rings. The van der Waals surface area contributed by atoms with Crippen molar-refractivity contribution in [3.8, 4) is 0 Å². The Hall–Kier alpha value is -1.00. The molecular formula is C16H25F2NO. The third-order valence-corrected chi connectivity index (χ3v) is 3.13. The van der Waals surface area contributed by atoms with Crippen LogP contribution in [-0.2, 0) is 11.2 Å². The summed E-state index contributed by atoms with van der Waals surface area (Å²) < 4.78 is 31.7. The number of nitrogens with one attached hydrogen (secondary N) is 1. The molecule has 1 atom stereocenters. The van der Waals surface area contributed by atoms with E-state index < -0.39 is 11.6 Å². The molecule has 0 bridgehead atoms. The molecule has 2 nitrogen and oxygen atoms in total. The van der Waals surface area contributed by atoms with Crippen molar-refractivity contribution in [3.05, 3.63) is 35.4 Å². The van der Waals surface area contributed by atoms with E-state index in [1.54, 1.807) is 0 Å². The van der Waals surface area contributed by atoms with Gasteiger partial charge in [-0.3, -0.25) is 0 Å². The van der Waals surface area contributed by atoms with Crippen LogP contribution in [0.2, 0.25) is 0 Å². The minimum absolute atomic E-state index is 0.233. The number of hydrogen-bond acceptors (Lipinski definition) is 2. The van der Waals surface area contributed by atoms with Crippen molar-refractivity contribution in [3.63, 3.8) is 0 Å². The Morgan fingerprint density at radius 3 is 2.45 bits per heavy atom. The van der Waals surface area contributed by atoms with Gasteiger partial charge in [0, 0.05) is 25.3 Å². The minimum atomic E-state index is -0.511. The SMILES string of the molecule is CCCNC(CCCOCC)Cc1cc(F)cc(F)c1. The first-order valence-electron chi connectivity index (χ1n) is 7.41. The number of hydrogen-bond donors (Lipinski definition) is 1. The predicted molar refractivity (Wildman–Crippen MR) is 77.9 cm³/mol. The number of ether oxygens (including phenoxy) is 1. The van der Waals surface area contributed by atoms with Crippen LogP contribution in [0.3, 0.4) is 0 Å². The Morgan fingerprint density at radius 2 is 1.85 bits per heavy atom. The number of halogens is 2. The molecule has 0 aromatic heterocycles. The van der Waals surface area contributed by atoms with Gasteiger partial charge in [0.15, 0.2) is 0 Å². The van der Waals surface area contributed by atoms with Gasteiger partial charge in [-0.25, -0.2) is 8.78 Å². The number of rotatable bonds is 10. The number of benzene rings is 1. The zero-order valence-corrected chi connectivity index (χ0v) is 12.4. The highest BCUT2D eigenvalue weighted by Gasteiger charge is 2.10. The standard InChI is InChI=1S/C16H25F2NO/c1-3-7-19-16(6-5-8-20-4-2)11-13-9-14(17)12-15(18)10-13/h9-10,12,16,19H,3-8,11H2,1-2H3. The van der Waals surface area contributed by atoms with Crippen molar-refractivity contribution >= 4 is 0 Å². The lowest BCUT2D eigenvalue weighted by Gasteiger charge is -2.18. The third kappa shape index (κ3) is 6.96. The van der Waals surface area contributed by atoms with Crippen molar-refractivity contribution in [1.82, 2.24) is 5.32 Å². The Labute approximate surface area is 120 Å². The van der Waals surface area contributed by atoms with Crippen LogP contribution in [0.15, 0.2) is 18.2 Å². The Kier molecular flexibility index (Phi) is 8.38. The average Bonchev–Trinajstić information content (AvgIpc) is 2.39. The lowest BCUT2D eigenvalue weighted by molar-refractivity contribution is 0.140. The highest BCUT2D eigenvalue weighted by molar-refractivity contribution is 5.19. The summed E-state index contributed by atoms with van der Waals surface area (Å²) in [4.78, 5) is 0. The summed E-state index contributed by atoms with van der Waals surface area (Å²) in [5.41, 5.74) is 0.701. The molecule has 0 aliphatic carbocycles. The smallest absolute Gasteiger partial charge is 0.126 e. The zero-order chi connectivity index (χ0) is 14.8. The summed E-state index contributed by atoms with van der Waals surface area (Å²) in [5, 5.41) is 3.43. The van der Waals surface area contributed by atoms with E-state index in [1.165, 1.54) is 12.1 Å². The van der Waals surface area contributed by atoms with E-state index >= 15 is 0 Å². The molecule has 1 N–H and O–H groups in total. The van der Waals surface area contributed by atoms with Crippen LogP contribution in [0, 0.1) is 11.6 Å². The van der Waals surface area contributed by atoms with Crippen LogP contribution < -0.4 is 5.32 Å². The third-order valence-electron chi connectivity index (χ3n) is 3.13. The topological polar surface area (TPSA) is 21.3 Å². The first kappa shape index (κ1) is 17.1. The van der Waals surface area contributed by atoms with Gasteiger partial charge in [0.1, 0.15) is 11.6 Å². The fourth-order valence-electron chi connectivity index (χ4n) is 2.21. The van der Waals surface area contributed by atoms with E-state index in [-0.39, 0.29) is 6.04 Å². The predicted octanol–water partition coefficient (Wildman–Crippen LogP) is 3.69. The molecule has 114 valence electrons. The van der Waals surface area contributed by atoms with E-state index in [0.717, 1.165) is 45.1 Å². The summed E-state index contributed by atoms with van der Waals surface area (Å²) in [6.07, 6.45) is 3.57. The van der Waals surface area contributed by atoms with Gasteiger partial charge in [-0.05, 0) is 56.8 Å². The van der Waals surface area contributed by atoms with Crippen LogP contribution in [-0.4, -0.2) is 25.8 Å². The van der Waals surface area contributed by atoms with Gasteiger partial charge in [-0.1, -0.05) is 6.92 Å². The molecule has 1 unspecified atom stereocenters. The Morgan fingerprint density at radius 1 is 1.15 bits per heavy atom. The largest absolute Gasteiger partial charge is 0.382 e. The van der Waals surface area contributed by atoms with Crippen LogP contribution in [0.4, 0.5) is 8.78 Å². The molecule has 20 heavy (non-hydrogen) atoms. The molecule has 0 spiro atoms. The highest BCUT2D eigenvalue weighted by atomic mass is 19.1. The van der Waals surface area contributed by atoms with E-state index in [4.69, 9.17) is 4.74 Å². The van der Waals surface area contributed by atoms with Gasteiger partial charge in [-0.15, -0.1) is 0 Å². The van der Waals surface area contributed by atoms with Crippen LogP contribution in [0.5, 0.6) is 0 Å². The maximum atomic E-state index is 13.2. The average molecular weight is 285 g/mol. The van der Waals surface area contributed by atoms with Crippen molar-refractivity contribution in [2.45, 2.75) is 45.6 Å². The Balaban J connectivity index is 2.53. The zero-order valence-electron chi connectivity index (χ0n) is 12.4. The van der Waals surface area contributed by atoms with Crippen molar-refractivity contribution in [2.24, 2.45) is 0 Å². The van der Waals surface area contributed by atoms with E-state index in [2.05, 4.69) is 12.2 Å². The molecule has 1 rings (SSSR count). The lowest BCUT2D eigenvalue weighted by atomic mass is 10.0. The highest BCUT2D eigenvalue weighted by Crippen LogP contribution is 2.12. The molecular weight excluding hydrogens is 260 g/mol. The second-order valence-corrected chi connectivity index (χ2v) is 4.97. The molecule has 0 radical (unpaired) electrons. The van der Waals surface area contributed by atoms with Crippen LogP contribution >= 0.6 is 0 Å². The summed E-state index contributed by atoms with van der Waals surface area (Å²) in [5.74, 6) is -1.02. The van der Waals surface area contributed by atoms with Gasteiger partial charge in [0.25, 0.3) is 0 Å². The molecule has 1 aromatic rings. The first-order valence-corrected chi connectivity index (χ1v) is 7.41. The molecule has 0 aliphatic rings. The Bertz CT molecular complexity index is 364. The second kappa shape index (κ2) is 9.83. The summed E-state index contributed by atoms with van der Waals surface area (Å²) in [6.45, 7) is 6.45. The summed E-state index contributed by atoms with van der Waals surface area (Å²) in [6, 6.07) is 3.96. The molecule has 0 amide bonds. The normalized spacial score (nSPS) is 12.6. The maximum absolute atomic E-state index is 13.2. The van der Waals surface area contributed by atoms with Gasteiger partial charge in [-0.2, -0.15) is 0 Å². The van der Waals surface area contributed by atoms with E-state index in [9.17, 15) is 8.78 Å².